The third kappa shape index (κ3) is 4.37. The van der Waals surface area contributed by atoms with E-state index in [2.05, 4.69) is 16.4 Å². The topological polar surface area (TPSA) is 84.2 Å². The first kappa shape index (κ1) is 21.7. The largest absolute Gasteiger partial charge is 0.454 e. The molecule has 0 saturated heterocycles. The Balaban J connectivity index is 1.41. The van der Waals surface area contributed by atoms with E-state index in [1.54, 1.807) is 48.7 Å². The lowest BCUT2D eigenvalue weighted by molar-refractivity contribution is 0.103. The lowest BCUT2D eigenvalue weighted by Gasteiger charge is -2.10. The van der Waals surface area contributed by atoms with Crippen molar-refractivity contribution in [2.45, 2.75) is 0 Å². The fourth-order valence-corrected chi connectivity index (χ4v) is 4.42. The first-order valence-electron chi connectivity index (χ1n) is 10.2. The van der Waals surface area contributed by atoms with Gasteiger partial charge in [-0.05, 0) is 36.4 Å². The molecule has 0 amide bonds. The molecule has 4 aromatic rings. The summed E-state index contributed by atoms with van der Waals surface area (Å²) in [6.07, 6.45) is 1.55. The van der Waals surface area contributed by atoms with E-state index in [1.807, 2.05) is 29.6 Å². The molecule has 34 heavy (non-hydrogen) atoms. The van der Waals surface area contributed by atoms with Crippen LogP contribution in [0, 0.1) is 11.3 Å². The number of ether oxygens (including phenoxy) is 2. The summed E-state index contributed by atoms with van der Waals surface area (Å²) in [4.78, 5) is 17.6. The molecule has 8 heteroatoms. The quantitative estimate of drug-likeness (QED) is 0.251. The number of nitrogens with zero attached hydrogens (tertiary/aromatic N) is 2. The summed E-state index contributed by atoms with van der Waals surface area (Å²) in [5.74, 6) is 1.20. The highest BCUT2D eigenvalue weighted by Crippen LogP contribution is 2.36. The van der Waals surface area contributed by atoms with Crippen molar-refractivity contribution < 1.29 is 14.3 Å². The van der Waals surface area contributed by atoms with Gasteiger partial charge in [0.1, 0.15) is 16.6 Å². The molecule has 0 saturated carbocycles. The molecule has 0 radical (unpaired) electrons. The predicted octanol–water partition coefficient (Wildman–Crippen LogP) is 6.40. The van der Waals surface area contributed by atoms with Gasteiger partial charge in [-0.2, -0.15) is 5.26 Å². The summed E-state index contributed by atoms with van der Waals surface area (Å²) in [5.41, 5.74) is 3.43. The fraction of sp³-hybridized carbons (Fsp3) is 0.0385. The second-order valence-corrected chi connectivity index (χ2v) is 8.60. The van der Waals surface area contributed by atoms with E-state index in [1.165, 1.54) is 11.3 Å². The molecule has 3 aromatic carbocycles. The van der Waals surface area contributed by atoms with Gasteiger partial charge in [0.15, 0.2) is 17.3 Å². The first-order chi connectivity index (χ1) is 16.6. The van der Waals surface area contributed by atoms with Crippen molar-refractivity contribution in [3.05, 3.63) is 99.5 Å². The average Bonchev–Trinajstić information content (AvgIpc) is 3.55. The minimum Gasteiger partial charge on any atom is -0.454 e. The van der Waals surface area contributed by atoms with Crippen molar-refractivity contribution in [1.29, 1.82) is 5.26 Å². The van der Waals surface area contributed by atoms with Crippen LogP contribution in [0.4, 0.5) is 5.69 Å². The number of aromatic nitrogens is 1. The van der Waals surface area contributed by atoms with Gasteiger partial charge in [-0.3, -0.25) is 4.79 Å². The fourth-order valence-electron chi connectivity index (χ4n) is 3.45. The van der Waals surface area contributed by atoms with Gasteiger partial charge in [0.2, 0.25) is 6.79 Å². The number of carbonyl (C=O) groups excluding carboxylic acids is 1. The minimum absolute atomic E-state index is 0.170. The number of ketones is 1. The molecule has 1 N–H and O–H groups in total. The van der Waals surface area contributed by atoms with Crippen LogP contribution in [0.3, 0.4) is 0 Å². The third-order valence-electron chi connectivity index (χ3n) is 5.16. The van der Waals surface area contributed by atoms with Crippen LogP contribution in [0.25, 0.3) is 16.8 Å². The molecule has 0 fully saturated rings. The molecule has 2 heterocycles. The standard InChI is InChI=1S/C26H16ClN3O3S/c27-19-7-8-21(20(11-19)25(31)16-4-2-1-3-5-16)29-13-18(12-28)26-30-22(14-34-26)17-6-9-23-24(10-17)33-15-32-23/h1-11,13-14,29H,15H2/b18-13+. The maximum absolute atomic E-state index is 13.0. The van der Waals surface area contributed by atoms with Crippen molar-refractivity contribution in [1.82, 2.24) is 4.98 Å². The Hall–Kier alpha value is -4.12. The van der Waals surface area contributed by atoms with E-state index < -0.39 is 0 Å². The summed E-state index contributed by atoms with van der Waals surface area (Å²) >= 11 is 7.51. The van der Waals surface area contributed by atoms with Gasteiger partial charge >= 0.3 is 0 Å². The molecule has 0 unspecified atom stereocenters. The van der Waals surface area contributed by atoms with Crippen LogP contribution in [-0.4, -0.2) is 17.6 Å². The van der Waals surface area contributed by atoms with Crippen molar-refractivity contribution >= 4 is 40.0 Å². The van der Waals surface area contributed by atoms with E-state index in [0.29, 0.717) is 43.9 Å². The highest BCUT2D eigenvalue weighted by molar-refractivity contribution is 7.11. The molecule has 0 aliphatic carbocycles. The van der Waals surface area contributed by atoms with Crippen LogP contribution in [0.15, 0.2) is 78.3 Å². The summed E-state index contributed by atoms with van der Waals surface area (Å²) in [6.45, 7) is 0.202. The van der Waals surface area contributed by atoms with Gasteiger partial charge in [-0.25, -0.2) is 4.98 Å². The van der Waals surface area contributed by atoms with Gasteiger partial charge in [0.25, 0.3) is 0 Å². The number of hydrogen-bond donors (Lipinski definition) is 1. The van der Waals surface area contributed by atoms with Crippen LogP contribution >= 0.6 is 22.9 Å². The average molecular weight is 486 g/mol. The molecular weight excluding hydrogens is 470 g/mol. The zero-order chi connectivity index (χ0) is 23.5. The van der Waals surface area contributed by atoms with Gasteiger partial charge in [-0.15, -0.1) is 11.3 Å². The number of benzene rings is 3. The smallest absolute Gasteiger partial charge is 0.231 e. The Bertz CT molecular complexity index is 1460. The van der Waals surface area contributed by atoms with Crippen molar-refractivity contribution in [3.8, 4) is 28.8 Å². The van der Waals surface area contributed by atoms with Crippen molar-refractivity contribution in [2.24, 2.45) is 0 Å². The maximum Gasteiger partial charge on any atom is 0.231 e. The van der Waals surface area contributed by atoms with E-state index in [9.17, 15) is 10.1 Å². The third-order valence-corrected chi connectivity index (χ3v) is 6.27. The monoisotopic (exact) mass is 485 g/mol. The van der Waals surface area contributed by atoms with E-state index in [0.717, 1.165) is 11.3 Å². The molecule has 5 rings (SSSR count). The maximum atomic E-state index is 13.0. The number of allylic oxidation sites excluding steroid dienone is 1. The number of nitriles is 1. The number of thiazole rings is 1. The van der Waals surface area contributed by atoms with Crippen LogP contribution < -0.4 is 14.8 Å². The SMILES string of the molecule is N#C/C(=C\Nc1ccc(Cl)cc1C(=O)c1ccccc1)c1nc(-c2ccc3c(c2)OCO3)cs1. The number of rotatable bonds is 6. The summed E-state index contributed by atoms with van der Waals surface area (Å²) in [5, 5.41) is 15.7. The summed E-state index contributed by atoms with van der Waals surface area (Å²) in [6, 6.07) is 21.7. The zero-order valence-electron chi connectivity index (χ0n) is 17.6. The molecule has 166 valence electrons. The molecule has 1 aliphatic rings. The van der Waals surface area contributed by atoms with Crippen LogP contribution in [0.5, 0.6) is 11.5 Å². The van der Waals surface area contributed by atoms with Crippen molar-refractivity contribution in [3.63, 3.8) is 0 Å². The predicted molar refractivity (Wildman–Crippen MR) is 132 cm³/mol. The normalized spacial score (nSPS) is 12.3. The van der Waals surface area contributed by atoms with Gasteiger partial charge < -0.3 is 14.8 Å². The Morgan fingerprint density at radius 2 is 1.91 bits per heavy atom. The highest BCUT2D eigenvalue weighted by Gasteiger charge is 2.17. The lowest BCUT2D eigenvalue weighted by atomic mass is 10.0. The van der Waals surface area contributed by atoms with Crippen LogP contribution in [0.2, 0.25) is 5.02 Å². The Kier molecular flexibility index (Phi) is 6.00. The van der Waals surface area contributed by atoms with Crippen molar-refractivity contribution in [2.75, 3.05) is 12.1 Å². The molecule has 0 atom stereocenters. The Morgan fingerprint density at radius 1 is 1.09 bits per heavy atom. The van der Waals surface area contributed by atoms with Gasteiger partial charge in [-0.1, -0.05) is 41.9 Å². The second-order valence-electron chi connectivity index (χ2n) is 7.31. The zero-order valence-corrected chi connectivity index (χ0v) is 19.2. The lowest BCUT2D eigenvalue weighted by Crippen LogP contribution is -2.05. The highest BCUT2D eigenvalue weighted by atomic mass is 35.5. The number of carbonyl (C=O) groups is 1. The number of anilines is 1. The molecule has 0 bridgehead atoms. The summed E-state index contributed by atoms with van der Waals surface area (Å²) < 4.78 is 10.8. The number of hydrogen-bond acceptors (Lipinski definition) is 7. The Morgan fingerprint density at radius 3 is 2.74 bits per heavy atom. The minimum atomic E-state index is -0.170. The summed E-state index contributed by atoms with van der Waals surface area (Å²) in [7, 11) is 0. The second kappa shape index (κ2) is 9.40. The van der Waals surface area contributed by atoms with Crippen LogP contribution in [-0.2, 0) is 0 Å². The van der Waals surface area contributed by atoms with Crippen LogP contribution in [0.1, 0.15) is 20.9 Å². The number of nitrogens with one attached hydrogen (secondary N) is 1. The van der Waals surface area contributed by atoms with E-state index in [4.69, 9.17) is 21.1 Å². The van der Waals surface area contributed by atoms with Gasteiger partial charge in [0.05, 0.1) is 5.69 Å². The molecule has 0 spiro atoms. The number of halogens is 1. The number of fused-ring (bicyclic) bond motifs is 1. The van der Waals surface area contributed by atoms with E-state index in [-0.39, 0.29) is 12.6 Å². The Labute approximate surface area is 204 Å². The molecule has 6 nitrogen and oxygen atoms in total. The molecule has 1 aromatic heterocycles. The molecule has 1 aliphatic heterocycles. The van der Waals surface area contributed by atoms with E-state index >= 15 is 0 Å². The van der Waals surface area contributed by atoms with Gasteiger partial charge in [0, 0.05) is 39.0 Å². The molecular formula is C26H16ClN3O3S. The first-order valence-corrected chi connectivity index (χ1v) is 11.5.